The predicted molar refractivity (Wildman–Crippen MR) is 49.7 cm³/mol. The van der Waals surface area contributed by atoms with Crippen LogP contribution >= 0.6 is 0 Å². The molecule has 0 amide bonds. The van der Waals surface area contributed by atoms with Crippen molar-refractivity contribution in [1.29, 1.82) is 0 Å². The Bertz CT molecular complexity index is 52.4. The fourth-order valence-electron chi connectivity index (χ4n) is 0.655. The Morgan fingerprint density at radius 1 is 1.09 bits per heavy atom. The van der Waals surface area contributed by atoms with Crippen molar-refractivity contribution in [1.82, 2.24) is 0 Å². The Hall–Kier alpha value is 0.688. The summed E-state index contributed by atoms with van der Waals surface area (Å²) >= 11 is 0. The molecule has 0 aromatic heterocycles. The zero-order chi connectivity index (χ0) is 8.62. The third kappa shape index (κ3) is 24.9. The minimum absolute atomic E-state index is 0. The first-order valence-electron chi connectivity index (χ1n) is 4.06. The molecule has 0 heterocycles. The Labute approximate surface area is 87.4 Å². The van der Waals surface area contributed by atoms with Crippen molar-refractivity contribution in [3.63, 3.8) is 0 Å². The molecule has 0 radical (unpaired) electrons. The minimum Gasteiger partial charge on any atom is -0.346 e. The van der Waals surface area contributed by atoms with E-state index in [2.05, 4.69) is 34.6 Å². The van der Waals surface area contributed by atoms with E-state index < -0.39 is 0 Å². The van der Waals surface area contributed by atoms with E-state index in [0.717, 1.165) is 6.42 Å². The van der Waals surface area contributed by atoms with Gasteiger partial charge in [0.2, 0.25) is 0 Å². The van der Waals surface area contributed by atoms with E-state index in [9.17, 15) is 0 Å². The van der Waals surface area contributed by atoms with Crippen LogP contribution in [0, 0.1) is 19.3 Å². The first kappa shape index (κ1) is 17.7. The zero-order valence-electron chi connectivity index (χ0n) is 8.44. The molecular formula is C10H22W. The summed E-state index contributed by atoms with van der Waals surface area (Å²) in [5.41, 5.74) is 0.512. The van der Waals surface area contributed by atoms with Gasteiger partial charge in [-0.2, -0.15) is 13.3 Å². The monoisotopic (exact) mass is 326 g/mol. The Balaban J connectivity index is -0.000000196. The summed E-state index contributed by atoms with van der Waals surface area (Å²) in [5, 5.41) is 0. The van der Waals surface area contributed by atoms with Gasteiger partial charge in [-0.05, 0) is 5.41 Å². The molecule has 68 valence electrons. The summed E-state index contributed by atoms with van der Waals surface area (Å²) in [6.45, 7) is 15.6. The quantitative estimate of drug-likeness (QED) is 0.676. The van der Waals surface area contributed by atoms with Crippen LogP contribution in [0.1, 0.15) is 47.0 Å². The molecule has 1 heteroatoms. The van der Waals surface area contributed by atoms with Crippen molar-refractivity contribution in [3.8, 4) is 0 Å². The topological polar surface area (TPSA) is 0 Å². The van der Waals surface area contributed by atoms with E-state index >= 15 is 0 Å². The van der Waals surface area contributed by atoms with Gasteiger partial charge in [0.1, 0.15) is 0 Å². The second-order valence-corrected chi connectivity index (χ2v) is 3.52. The van der Waals surface area contributed by atoms with Crippen LogP contribution in [0.3, 0.4) is 0 Å². The van der Waals surface area contributed by atoms with Crippen LogP contribution in [-0.4, -0.2) is 0 Å². The summed E-state index contributed by atoms with van der Waals surface area (Å²) < 4.78 is 0. The molecule has 0 aromatic rings. The van der Waals surface area contributed by atoms with E-state index in [1.54, 1.807) is 6.92 Å². The molecule has 0 unspecified atom stereocenters. The molecule has 0 spiro atoms. The standard InChI is InChI=1S/C8H17.C2H5.W/c1-5-6-7-8(2,3)4;1-2;/h1,5-7H2,2-4H3;1H2,2H3;/q2*-1;+2. The molecule has 0 saturated carbocycles. The molecule has 0 rings (SSSR count). The van der Waals surface area contributed by atoms with Crippen molar-refractivity contribution in [2.45, 2.75) is 47.0 Å². The molecule has 0 nitrogen and oxygen atoms in total. The molecule has 0 fully saturated rings. The van der Waals surface area contributed by atoms with Crippen molar-refractivity contribution in [2.24, 2.45) is 5.41 Å². The third-order valence-corrected chi connectivity index (χ3v) is 1.18. The van der Waals surface area contributed by atoms with Gasteiger partial charge in [0.25, 0.3) is 0 Å². The smallest absolute Gasteiger partial charge is 0.346 e. The van der Waals surface area contributed by atoms with Gasteiger partial charge in [0, 0.05) is 0 Å². The van der Waals surface area contributed by atoms with E-state index in [4.69, 9.17) is 0 Å². The van der Waals surface area contributed by atoms with Crippen molar-refractivity contribution < 1.29 is 21.1 Å². The SMILES string of the molecule is [CH2-]C.[CH2-]CCCC(C)(C)C.[W+2]. The Kier molecular flexibility index (Phi) is 17.2. The number of rotatable bonds is 2. The maximum absolute atomic E-state index is 3.79. The van der Waals surface area contributed by atoms with Crippen molar-refractivity contribution in [2.75, 3.05) is 0 Å². The van der Waals surface area contributed by atoms with Crippen LogP contribution in [0.5, 0.6) is 0 Å². The van der Waals surface area contributed by atoms with Crippen molar-refractivity contribution in [3.05, 3.63) is 13.8 Å². The summed E-state index contributed by atoms with van der Waals surface area (Å²) in [5.74, 6) is 0. The first-order chi connectivity index (χ1) is 4.56. The molecule has 0 N–H and O–H groups in total. The molecule has 0 aliphatic rings. The third-order valence-electron chi connectivity index (χ3n) is 1.18. The fourth-order valence-corrected chi connectivity index (χ4v) is 0.655. The van der Waals surface area contributed by atoms with Crippen LogP contribution in [-0.2, 0) is 21.1 Å². The second kappa shape index (κ2) is 10.7. The number of unbranched alkanes of at least 4 members (excludes halogenated alkanes) is 1. The number of hydrogen-bond donors (Lipinski definition) is 0. The van der Waals surface area contributed by atoms with Crippen LogP contribution in [0.4, 0.5) is 0 Å². The van der Waals surface area contributed by atoms with Crippen molar-refractivity contribution >= 4 is 0 Å². The molecule has 0 saturated heterocycles. The van der Waals surface area contributed by atoms with Crippen LogP contribution < -0.4 is 0 Å². The Morgan fingerprint density at radius 2 is 1.45 bits per heavy atom. The van der Waals surface area contributed by atoms with Gasteiger partial charge in [0.15, 0.2) is 0 Å². The van der Waals surface area contributed by atoms with E-state index in [-0.39, 0.29) is 21.1 Å². The average molecular weight is 326 g/mol. The first-order valence-corrected chi connectivity index (χ1v) is 4.06. The molecule has 0 aromatic carbocycles. The van der Waals surface area contributed by atoms with Gasteiger partial charge in [-0.15, -0.1) is 0 Å². The minimum atomic E-state index is 0. The largest absolute Gasteiger partial charge is 2.00 e. The predicted octanol–water partition coefficient (Wildman–Crippen LogP) is 3.87. The van der Waals surface area contributed by atoms with E-state index in [1.165, 1.54) is 12.8 Å². The maximum Gasteiger partial charge on any atom is 2.00 e. The average Bonchev–Trinajstić information content (AvgIpc) is 1.87. The van der Waals surface area contributed by atoms with Crippen LogP contribution in [0.25, 0.3) is 0 Å². The van der Waals surface area contributed by atoms with Gasteiger partial charge in [-0.3, -0.25) is 0 Å². The van der Waals surface area contributed by atoms with E-state index in [0.29, 0.717) is 5.41 Å². The van der Waals surface area contributed by atoms with Crippen LogP contribution in [0.15, 0.2) is 0 Å². The summed E-state index contributed by atoms with van der Waals surface area (Å²) in [4.78, 5) is 0. The zero-order valence-corrected chi connectivity index (χ0v) is 11.4. The molecule has 0 bridgehead atoms. The van der Waals surface area contributed by atoms with E-state index in [1.807, 2.05) is 0 Å². The molecule has 0 aliphatic carbocycles. The molecule has 11 heavy (non-hydrogen) atoms. The maximum atomic E-state index is 3.79. The fraction of sp³-hybridized carbons (Fsp3) is 0.800. The second-order valence-electron chi connectivity index (χ2n) is 3.52. The van der Waals surface area contributed by atoms with Gasteiger partial charge in [-0.1, -0.05) is 33.6 Å². The molecule has 0 atom stereocenters. The van der Waals surface area contributed by atoms with Gasteiger partial charge in [0.05, 0.1) is 0 Å². The summed E-state index contributed by atoms with van der Waals surface area (Å²) in [6.07, 6.45) is 3.65. The summed E-state index contributed by atoms with van der Waals surface area (Å²) in [7, 11) is 0. The Morgan fingerprint density at radius 3 is 1.55 bits per heavy atom. The molecular weight excluding hydrogens is 304 g/mol. The number of hydrogen-bond acceptors (Lipinski definition) is 0. The van der Waals surface area contributed by atoms with Gasteiger partial charge < -0.3 is 13.8 Å². The normalized spacial score (nSPS) is 9.27. The van der Waals surface area contributed by atoms with Gasteiger partial charge in [-0.25, -0.2) is 0 Å². The summed E-state index contributed by atoms with van der Waals surface area (Å²) in [6, 6.07) is 0. The molecule has 0 aliphatic heterocycles. The van der Waals surface area contributed by atoms with Crippen LogP contribution in [0.2, 0.25) is 0 Å². The van der Waals surface area contributed by atoms with Gasteiger partial charge >= 0.3 is 21.1 Å².